The summed E-state index contributed by atoms with van der Waals surface area (Å²) < 4.78 is 5.98. The van der Waals surface area contributed by atoms with Crippen LogP contribution in [0.4, 0.5) is 0 Å². The molecule has 0 saturated carbocycles. The number of carbonyl (C=O) groups excluding carboxylic acids is 1. The van der Waals surface area contributed by atoms with Gasteiger partial charge >= 0.3 is 5.97 Å². The van der Waals surface area contributed by atoms with Crippen LogP contribution in [0.2, 0.25) is 0 Å². The number of hydrogen-bond donors (Lipinski definition) is 1. The molecule has 0 saturated heterocycles. The Kier molecular flexibility index (Phi) is 4.35. The minimum atomic E-state index is -0.477. The smallest absolute Gasteiger partial charge is 0.342 e. The van der Waals surface area contributed by atoms with Gasteiger partial charge in [-0.3, -0.25) is 0 Å². The number of carbonyl (C=O) groups is 1. The first-order chi connectivity index (χ1) is 9.43. The molecule has 0 bridgehead atoms. The number of aromatic nitrogens is 2. The Bertz CT molecular complexity index is 740. The van der Waals surface area contributed by atoms with Gasteiger partial charge in [0.2, 0.25) is 0 Å². The highest BCUT2D eigenvalue weighted by molar-refractivity contribution is 9.10. The maximum Gasteiger partial charge on any atom is 0.342 e. The number of aryl methyl sites for hydroxylation is 2. The van der Waals surface area contributed by atoms with Crippen LogP contribution in [0.25, 0.3) is 11.4 Å². The number of rotatable bonds is 2. The Labute approximate surface area is 130 Å². The van der Waals surface area contributed by atoms with Crippen LogP contribution < -0.4 is 0 Å². The SMILES string of the molecule is COC(=O)c1c(C)[nH]c(-c2ccc(Br)c(C)c2)nc1=S. The highest BCUT2D eigenvalue weighted by atomic mass is 79.9. The second-order valence-electron chi connectivity index (χ2n) is 4.35. The van der Waals surface area contributed by atoms with E-state index in [2.05, 4.69) is 25.9 Å². The zero-order valence-electron chi connectivity index (χ0n) is 11.3. The molecule has 1 aromatic heterocycles. The van der Waals surface area contributed by atoms with Gasteiger partial charge in [0.1, 0.15) is 16.0 Å². The lowest BCUT2D eigenvalue weighted by Crippen LogP contribution is -2.08. The van der Waals surface area contributed by atoms with Gasteiger partial charge in [-0.2, -0.15) is 0 Å². The fraction of sp³-hybridized carbons (Fsp3) is 0.214. The number of halogens is 1. The zero-order valence-corrected chi connectivity index (χ0v) is 13.7. The summed E-state index contributed by atoms with van der Waals surface area (Å²) in [4.78, 5) is 19.0. The third-order valence-electron chi connectivity index (χ3n) is 2.93. The van der Waals surface area contributed by atoms with Gasteiger partial charge < -0.3 is 9.72 Å². The summed E-state index contributed by atoms with van der Waals surface area (Å²) in [7, 11) is 1.32. The van der Waals surface area contributed by atoms with Gasteiger partial charge in [0.25, 0.3) is 0 Å². The lowest BCUT2D eigenvalue weighted by atomic mass is 10.1. The van der Waals surface area contributed by atoms with Crippen LogP contribution in [0.1, 0.15) is 21.6 Å². The van der Waals surface area contributed by atoms with Crippen LogP contribution in [0.3, 0.4) is 0 Å². The van der Waals surface area contributed by atoms with E-state index >= 15 is 0 Å². The average Bonchev–Trinajstić information content (AvgIpc) is 2.40. The molecule has 0 amide bonds. The molecule has 0 fully saturated rings. The highest BCUT2D eigenvalue weighted by Gasteiger charge is 2.15. The fourth-order valence-corrected chi connectivity index (χ4v) is 2.43. The van der Waals surface area contributed by atoms with Crippen molar-refractivity contribution in [1.29, 1.82) is 0 Å². The molecule has 20 heavy (non-hydrogen) atoms. The van der Waals surface area contributed by atoms with E-state index in [9.17, 15) is 4.79 Å². The molecule has 0 atom stereocenters. The third kappa shape index (κ3) is 2.81. The Balaban J connectivity index is 2.57. The summed E-state index contributed by atoms with van der Waals surface area (Å²) in [5.74, 6) is 0.158. The summed E-state index contributed by atoms with van der Waals surface area (Å²) in [6.07, 6.45) is 0. The molecule has 1 aromatic carbocycles. The van der Waals surface area contributed by atoms with Gasteiger partial charge in [-0.25, -0.2) is 9.78 Å². The topological polar surface area (TPSA) is 55.0 Å². The molecule has 0 aliphatic carbocycles. The van der Waals surface area contributed by atoms with Crippen LogP contribution in [-0.2, 0) is 4.74 Å². The van der Waals surface area contributed by atoms with Crippen molar-refractivity contribution in [2.75, 3.05) is 7.11 Å². The molecule has 0 aliphatic rings. The van der Waals surface area contributed by atoms with E-state index in [1.807, 2.05) is 25.1 Å². The number of nitrogens with one attached hydrogen (secondary N) is 1. The molecular formula is C14H13BrN2O2S. The molecule has 0 spiro atoms. The standard InChI is InChI=1S/C14H13BrN2O2S/c1-7-6-9(4-5-10(7)15)12-16-8(2)11(13(20)17-12)14(18)19-3/h4-6H,1-3H3,(H,16,17,20). The van der Waals surface area contributed by atoms with Crippen molar-refractivity contribution in [3.05, 3.63) is 44.1 Å². The molecule has 0 radical (unpaired) electrons. The van der Waals surface area contributed by atoms with Crippen LogP contribution in [0, 0.1) is 18.5 Å². The second-order valence-corrected chi connectivity index (χ2v) is 5.59. The quantitative estimate of drug-likeness (QED) is 0.656. The normalized spacial score (nSPS) is 10.4. The number of aromatic amines is 1. The minimum absolute atomic E-state index is 0.240. The lowest BCUT2D eigenvalue weighted by molar-refractivity contribution is 0.0598. The Morgan fingerprint density at radius 1 is 1.40 bits per heavy atom. The first kappa shape index (κ1) is 14.9. The Morgan fingerprint density at radius 3 is 2.65 bits per heavy atom. The van der Waals surface area contributed by atoms with Gasteiger partial charge in [0, 0.05) is 15.7 Å². The molecule has 1 N–H and O–H groups in total. The van der Waals surface area contributed by atoms with E-state index < -0.39 is 5.97 Å². The summed E-state index contributed by atoms with van der Waals surface area (Å²) >= 11 is 8.65. The van der Waals surface area contributed by atoms with Crippen LogP contribution in [0.5, 0.6) is 0 Å². The monoisotopic (exact) mass is 352 g/mol. The molecule has 104 valence electrons. The van der Waals surface area contributed by atoms with E-state index in [0.29, 0.717) is 17.1 Å². The molecule has 4 nitrogen and oxygen atoms in total. The number of methoxy groups -OCH3 is 1. The minimum Gasteiger partial charge on any atom is -0.465 e. The van der Waals surface area contributed by atoms with E-state index in [4.69, 9.17) is 17.0 Å². The number of H-pyrrole nitrogens is 1. The maximum atomic E-state index is 11.6. The lowest BCUT2D eigenvalue weighted by Gasteiger charge is -2.08. The first-order valence-corrected chi connectivity index (χ1v) is 7.10. The number of hydrogen-bond acceptors (Lipinski definition) is 4. The van der Waals surface area contributed by atoms with Crippen molar-refractivity contribution in [3.8, 4) is 11.4 Å². The average molecular weight is 353 g/mol. The van der Waals surface area contributed by atoms with E-state index in [1.54, 1.807) is 6.92 Å². The van der Waals surface area contributed by atoms with Gasteiger partial charge in [0.05, 0.1) is 7.11 Å². The summed E-state index contributed by atoms with van der Waals surface area (Å²) in [5.41, 5.74) is 2.96. The largest absolute Gasteiger partial charge is 0.465 e. The second kappa shape index (κ2) is 5.85. The number of ether oxygens (including phenoxy) is 1. The van der Waals surface area contributed by atoms with Crippen molar-refractivity contribution in [1.82, 2.24) is 9.97 Å². The summed E-state index contributed by atoms with van der Waals surface area (Å²) in [5, 5.41) is 0. The van der Waals surface area contributed by atoms with Crippen LogP contribution >= 0.6 is 28.1 Å². The molecule has 6 heteroatoms. The van der Waals surface area contributed by atoms with Crippen molar-refractivity contribution in [2.45, 2.75) is 13.8 Å². The van der Waals surface area contributed by atoms with E-state index in [1.165, 1.54) is 7.11 Å². The highest BCUT2D eigenvalue weighted by Crippen LogP contribution is 2.23. The number of esters is 1. The predicted octanol–water partition coefficient (Wildman–Crippen LogP) is 3.97. The molecule has 0 aliphatic heterocycles. The fourth-order valence-electron chi connectivity index (χ4n) is 1.86. The zero-order chi connectivity index (χ0) is 14.9. The molecule has 0 unspecified atom stereocenters. The van der Waals surface area contributed by atoms with Crippen LogP contribution in [0.15, 0.2) is 22.7 Å². The molecule has 2 aromatic rings. The summed E-state index contributed by atoms with van der Waals surface area (Å²) in [6.45, 7) is 3.77. The third-order valence-corrected chi connectivity index (χ3v) is 4.11. The van der Waals surface area contributed by atoms with Gasteiger partial charge in [-0.05, 0) is 31.5 Å². The number of benzene rings is 1. The Morgan fingerprint density at radius 2 is 2.10 bits per heavy atom. The van der Waals surface area contributed by atoms with Crippen molar-refractivity contribution in [3.63, 3.8) is 0 Å². The van der Waals surface area contributed by atoms with Gasteiger partial charge in [-0.15, -0.1) is 0 Å². The molecule has 1 heterocycles. The van der Waals surface area contributed by atoms with E-state index in [-0.39, 0.29) is 4.64 Å². The Hall–Kier alpha value is -1.53. The molecule has 2 rings (SSSR count). The van der Waals surface area contributed by atoms with Gasteiger partial charge in [-0.1, -0.05) is 34.2 Å². The summed E-state index contributed by atoms with van der Waals surface area (Å²) in [6, 6.07) is 5.88. The van der Waals surface area contributed by atoms with Crippen molar-refractivity contribution >= 4 is 34.1 Å². The predicted molar refractivity (Wildman–Crippen MR) is 83.4 cm³/mol. The van der Waals surface area contributed by atoms with E-state index in [0.717, 1.165) is 15.6 Å². The van der Waals surface area contributed by atoms with Crippen LogP contribution in [-0.4, -0.2) is 23.0 Å². The maximum absolute atomic E-state index is 11.6. The first-order valence-electron chi connectivity index (χ1n) is 5.89. The van der Waals surface area contributed by atoms with Crippen molar-refractivity contribution in [2.24, 2.45) is 0 Å². The number of nitrogens with zero attached hydrogens (tertiary/aromatic N) is 1. The van der Waals surface area contributed by atoms with Gasteiger partial charge in [0.15, 0.2) is 0 Å². The molecular weight excluding hydrogens is 340 g/mol. The van der Waals surface area contributed by atoms with Crippen molar-refractivity contribution < 1.29 is 9.53 Å².